The Labute approximate surface area is 558 Å². The van der Waals surface area contributed by atoms with E-state index in [1.165, 1.54) is 21.6 Å². The number of aliphatic imine (C=N–C) groups is 1. The maximum absolute atomic E-state index is 14.7. The van der Waals surface area contributed by atoms with Crippen LogP contribution < -0.4 is 82.7 Å². The van der Waals surface area contributed by atoms with Gasteiger partial charge in [-0.2, -0.15) is 11.8 Å². The van der Waals surface area contributed by atoms with Gasteiger partial charge in [-0.05, 0) is 119 Å². The van der Waals surface area contributed by atoms with Crippen molar-refractivity contribution in [3.63, 3.8) is 0 Å². The van der Waals surface area contributed by atoms with Gasteiger partial charge >= 0.3 is 0 Å². The number of hydrogen-bond donors (Lipinski definition) is 15. The van der Waals surface area contributed by atoms with Gasteiger partial charge in [0.25, 0.3) is 0 Å². The number of rotatable bonds is 42. The fourth-order valence-corrected chi connectivity index (χ4v) is 11.5. The lowest BCUT2D eigenvalue weighted by Crippen LogP contribution is -2.60. The summed E-state index contributed by atoms with van der Waals surface area (Å²) in [7, 11) is 0. The molecular formula is C63H98N18O13S. The molecule has 2 aromatic rings. The minimum absolute atomic E-state index is 0.0736. The first-order valence-electron chi connectivity index (χ1n) is 32.2. The van der Waals surface area contributed by atoms with Crippen LogP contribution in [0.15, 0.2) is 65.7 Å². The SMILES string of the molecule is CSCC[C@H](NC(=O)[C@H](CC(C)C)NC(=O)CNC(=O)[C@H](Cc1ccccc1)NC(=O)[C@@H](Cc1ccccc1)NC(=O)[C@@H](CCC(N)=O)NC(=O)[C@H](CCC(N)=O)NC(=O)[C@@H]1CCCN1C(=O)[C@@H](CCCCN)NC(=O)[C@@H]1CCCN1C(=O)[C@@H](N)CCCN=C(N)N)C(N)=O. The minimum Gasteiger partial charge on any atom is -0.370 e. The Morgan fingerprint density at radius 2 is 1.01 bits per heavy atom. The Morgan fingerprint density at radius 3 is 1.51 bits per heavy atom. The smallest absolute Gasteiger partial charge is 0.245 e. The zero-order valence-electron chi connectivity index (χ0n) is 54.5. The van der Waals surface area contributed by atoms with E-state index in [0.717, 1.165) is 0 Å². The molecule has 0 unspecified atom stereocenters. The zero-order valence-corrected chi connectivity index (χ0v) is 55.3. The number of amides is 13. The number of carbonyl (C=O) groups excluding carboxylic acids is 13. The van der Waals surface area contributed by atoms with Crippen molar-refractivity contribution in [2.75, 3.05) is 44.7 Å². The predicted molar refractivity (Wildman–Crippen MR) is 356 cm³/mol. The highest BCUT2D eigenvalue weighted by atomic mass is 32.2. The Bertz CT molecular complexity index is 2960. The average molecular weight is 1350 g/mol. The topological polar surface area (TPSA) is 519 Å². The summed E-state index contributed by atoms with van der Waals surface area (Å²) in [6.45, 7) is 3.86. The van der Waals surface area contributed by atoms with Crippen LogP contribution in [0.3, 0.4) is 0 Å². The fourth-order valence-electron chi connectivity index (χ4n) is 11.0. The number of likely N-dealkylation sites (tertiary alicyclic amines) is 2. The van der Waals surface area contributed by atoms with E-state index in [9.17, 15) is 62.3 Å². The summed E-state index contributed by atoms with van der Waals surface area (Å²) in [5, 5.41) is 21.1. The summed E-state index contributed by atoms with van der Waals surface area (Å²) in [4.78, 5) is 185. The summed E-state index contributed by atoms with van der Waals surface area (Å²) >= 11 is 1.45. The van der Waals surface area contributed by atoms with Crippen molar-refractivity contribution in [3.8, 4) is 0 Å². The van der Waals surface area contributed by atoms with Gasteiger partial charge in [-0.25, -0.2) is 0 Å². The van der Waals surface area contributed by atoms with Crippen LogP contribution in [0.4, 0.5) is 0 Å². The number of nitrogens with zero attached hydrogens (tertiary/aromatic N) is 3. The number of primary amides is 3. The molecule has 22 N–H and O–H groups in total. The van der Waals surface area contributed by atoms with Crippen LogP contribution in [0.2, 0.25) is 0 Å². The van der Waals surface area contributed by atoms with Crippen LogP contribution in [0.5, 0.6) is 0 Å². The second kappa shape index (κ2) is 41.0. The maximum atomic E-state index is 14.7. The summed E-state index contributed by atoms with van der Waals surface area (Å²) in [6, 6.07) is 4.51. The monoisotopic (exact) mass is 1350 g/mol. The summed E-state index contributed by atoms with van der Waals surface area (Å²) in [5.74, 6) is -9.80. The molecule has 31 nitrogen and oxygen atoms in total. The molecule has 2 saturated heterocycles. The van der Waals surface area contributed by atoms with Gasteiger partial charge in [-0.3, -0.25) is 67.3 Å². The van der Waals surface area contributed by atoms with Crippen LogP contribution in [-0.2, 0) is 75.2 Å². The fraction of sp³-hybridized carbons (Fsp3) is 0.587. The minimum atomic E-state index is -1.64. The van der Waals surface area contributed by atoms with Crippen LogP contribution in [0, 0.1) is 5.92 Å². The van der Waals surface area contributed by atoms with Crippen molar-refractivity contribution in [1.82, 2.24) is 52.3 Å². The molecule has 2 aromatic carbocycles. The molecule has 2 heterocycles. The zero-order chi connectivity index (χ0) is 70.1. The summed E-state index contributed by atoms with van der Waals surface area (Å²) < 4.78 is 0. The molecular weight excluding hydrogens is 1250 g/mol. The van der Waals surface area contributed by atoms with Gasteiger partial charge in [0.1, 0.15) is 54.4 Å². The average Bonchev–Trinajstić information content (AvgIpc) is 1.74. The highest BCUT2D eigenvalue weighted by molar-refractivity contribution is 7.98. The highest BCUT2D eigenvalue weighted by Crippen LogP contribution is 2.24. The third-order valence-electron chi connectivity index (χ3n) is 16.0. The van der Waals surface area contributed by atoms with E-state index in [4.69, 9.17) is 40.1 Å². The van der Waals surface area contributed by atoms with Crippen molar-refractivity contribution in [3.05, 3.63) is 71.8 Å². The maximum Gasteiger partial charge on any atom is 0.245 e. The molecule has 4 rings (SSSR count). The number of hydrogen-bond acceptors (Lipinski definition) is 17. The van der Waals surface area contributed by atoms with Crippen LogP contribution >= 0.6 is 11.8 Å². The summed E-state index contributed by atoms with van der Waals surface area (Å²) in [6.07, 6.45) is 3.12. The first-order valence-corrected chi connectivity index (χ1v) is 33.6. The number of unbranched alkanes of at least 4 members (excludes halogenated alkanes) is 1. The van der Waals surface area contributed by atoms with Crippen molar-refractivity contribution in [2.24, 2.45) is 51.0 Å². The molecule has 2 fully saturated rings. The number of benzene rings is 2. The molecule has 2 aliphatic rings. The van der Waals surface area contributed by atoms with E-state index in [-0.39, 0.29) is 83.0 Å². The third-order valence-corrected chi connectivity index (χ3v) is 16.7. The van der Waals surface area contributed by atoms with E-state index in [0.29, 0.717) is 55.4 Å². The van der Waals surface area contributed by atoms with Gasteiger partial charge in [0.05, 0.1) is 12.6 Å². The van der Waals surface area contributed by atoms with E-state index < -0.39 is 169 Å². The lowest BCUT2D eigenvalue weighted by molar-refractivity contribution is -0.144. The van der Waals surface area contributed by atoms with Gasteiger partial charge in [0.2, 0.25) is 76.8 Å². The Kier molecular flexibility index (Phi) is 33.9. The Morgan fingerprint density at radius 1 is 0.537 bits per heavy atom. The Balaban J connectivity index is 1.56. The molecule has 0 aliphatic carbocycles. The molecule has 0 aromatic heterocycles. The van der Waals surface area contributed by atoms with Crippen molar-refractivity contribution >= 4 is 94.5 Å². The second-order valence-electron chi connectivity index (χ2n) is 24.1. The van der Waals surface area contributed by atoms with E-state index >= 15 is 0 Å². The van der Waals surface area contributed by atoms with Gasteiger partial charge in [-0.15, -0.1) is 0 Å². The molecule has 95 heavy (non-hydrogen) atoms. The normalized spacial score (nSPS) is 16.8. The molecule has 0 radical (unpaired) electrons. The molecule has 2 aliphatic heterocycles. The molecule has 32 heteroatoms. The second-order valence-corrected chi connectivity index (χ2v) is 25.1. The molecule has 0 saturated carbocycles. The first-order chi connectivity index (χ1) is 45.2. The number of guanidine groups is 1. The van der Waals surface area contributed by atoms with Crippen molar-refractivity contribution in [1.29, 1.82) is 0 Å². The van der Waals surface area contributed by atoms with E-state index in [1.54, 1.807) is 60.7 Å². The van der Waals surface area contributed by atoms with Gasteiger partial charge in [-0.1, -0.05) is 74.5 Å². The third kappa shape index (κ3) is 27.5. The highest BCUT2D eigenvalue weighted by Gasteiger charge is 2.42. The molecule has 0 bridgehead atoms. The first kappa shape index (κ1) is 78.5. The molecule has 13 amide bonds. The van der Waals surface area contributed by atoms with Gasteiger partial charge in [0, 0.05) is 45.3 Å². The number of nitrogens with one attached hydrogen (secondary N) is 8. The van der Waals surface area contributed by atoms with E-state index in [2.05, 4.69) is 47.5 Å². The lowest BCUT2D eigenvalue weighted by Gasteiger charge is -2.32. The van der Waals surface area contributed by atoms with Gasteiger partial charge < -0.3 is 92.5 Å². The van der Waals surface area contributed by atoms with Crippen LogP contribution in [-0.4, -0.2) is 198 Å². The summed E-state index contributed by atoms with van der Waals surface area (Å²) in [5.41, 5.74) is 40.6. The lowest BCUT2D eigenvalue weighted by atomic mass is 10.0. The largest absolute Gasteiger partial charge is 0.370 e. The van der Waals surface area contributed by atoms with Crippen LogP contribution in [0.25, 0.3) is 0 Å². The van der Waals surface area contributed by atoms with Crippen molar-refractivity contribution < 1.29 is 62.3 Å². The molecule has 524 valence electrons. The standard InChI is InChI=1S/C63H98N18O13S/c1-37(2)33-45(57(89)74-41(53(68)85)27-32-95-3)73-52(84)36-72-54(86)46(34-38-15-6-4-7-16-38)78-58(90)47(35-39-17-8-5-9-18-39)79-56(88)42(23-25-50(66)82)75-55(87)43(24-26-51(67)83)76-59(91)49-22-14-31-81(49)62(94)44(20-10-11-28-64)77-60(92)48-21-13-30-80(48)61(93)40(65)19-12-29-71-63(69)70/h4-9,15-18,37,40-49H,10-14,19-36,64-65H2,1-3H3,(H2,66,82)(H2,67,83)(H2,68,85)(H,72,86)(H,73,84)(H,74,89)(H,75,87)(H,76,91)(H,77,92)(H,78,90)(H,79,88)(H4,69,70,71)/t40-,41-,42+,43-,44+,45-,46-,47+,48-,49-/m0/s1. The number of carbonyl (C=O) groups is 13. The number of nitrogens with two attached hydrogens (primary N) is 7. The van der Waals surface area contributed by atoms with Gasteiger partial charge in [0.15, 0.2) is 5.96 Å². The Hall–Kier alpha value is -8.91. The van der Waals surface area contributed by atoms with E-state index in [1.807, 2.05) is 20.1 Å². The number of thioether (sulfide) groups is 1. The molecule has 0 spiro atoms. The quantitative estimate of drug-likeness (QED) is 0.0173. The predicted octanol–water partition coefficient (Wildman–Crippen LogP) is -3.71. The van der Waals surface area contributed by atoms with Crippen molar-refractivity contribution in [2.45, 2.75) is 183 Å². The molecule has 10 atom stereocenters. The van der Waals surface area contributed by atoms with Crippen LogP contribution in [0.1, 0.15) is 121 Å².